The van der Waals surface area contributed by atoms with Crippen molar-refractivity contribution < 1.29 is 19.0 Å². The maximum Gasteiger partial charge on any atom is 0.254 e. The predicted octanol–water partition coefficient (Wildman–Crippen LogP) is 1.64. The Hall–Kier alpha value is -1.79. The van der Waals surface area contributed by atoms with E-state index in [1.54, 1.807) is 0 Å². The molecule has 0 bridgehead atoms. The third-order valence-electron chi connectivity index (χ3n) is 5.21. The first-order valence-corrected chi connectivity index (χ1v) is 9.28. The monoisotopic (exact) mass is 346 g/mol. The number of rotatable bonds is 3. The maximum atomic E-state index is 12.9. The van der Waals surface area contributed by atoms with Crippen LogP contribution < -0.4 is 9.47 Å². The lowest BCUT2D eigenvalue weighted by Gasteiger charge is -2.24. The average molecular weight is 346 g/mol. The fourth-order valence-corrected chi connectivity index (χ4v) is 3.81. The van der Waals surface area contributed by atoms with E-state index in [-0.39, 0.29) is 5.91 Å². The van der Waals surface area contributed by atoms with Gasteiger partial charge in [-0.3, -0.25) is 4.79 Å². The number of carbonyl (C=O) groups is 1. The average Bonchev–Trinajstić information content (AvgIpc) is 3.05. The molecule has 1 aromatic rings. The molecule has 3 aliphatic heterocycles. The molecule has 6 heteroatoms. The molecule has 1 amide bonds. The van der Waals surface area contributed by atoms with Crippen LogP contribution in [0, 0.1) is 5.92 Å². The fourth-order valence-electron chi connectivity index (χ4n) is 3.81. The van der Waals surface area contributed by atoms with Gasteiger partial charge < -0.3 is 24.0 Å². The molecule has 0 saturated carbocycles. The molecule has 25 heavy (non-hydrogen) atoms. The zero-order chi connectivity index (χ0) is 17.1. The smallest absolute Gasteiger partial charge is 0.254 e. The van der Waals surface area contributed by atoms with Crippen molar-refractivity contribution in [3.8, 4) is 11.5 Å². The molecule has 1 aromatic carbocycles. The lowest BCUT2D eigenvalue weighted by Crippen LogP contribution is -2.36. The van der Waals surface area contributed by atoms with E-state index in [9.17, 15) is 4.79 Å². The molecule has 0 spiro atoms. The van der Waals surface area contributed by atoms with Crippen LogP contribution in [0.25, 0.3) is 0 Å². The highest BCUT2D eigenvalue weighted by Crippen LogP contribution is 2.31. The molecule has 6 nitrogen and oxygen atoms in total. The molecule has 1 atom stereocenters. The van der Waals surface area contributed by atoms with Crippen LogP contribution in [0.4, 0.5) is 0 Å². The van der Waals surface area contributed by atoms with E-state index in [2.05, 4.69) is 4.90 Å². The van der Waals surface area contributed by atoms with Gasteiger partial charge in [0.2, 0.25) is 0 Å². The number of hydrogen-bond donors (Lipinski definition) is 0. The van der Waals surface area contributed by atoms with Crippen LogP contribution in [0.2, 0.25) is 0 Å². The Labute approximate surface area is 148 Å². The second-order valence-electron chi connectivity index (χ2n) is 7.03. The molecular weight excluding hydrogens is 320 g/mol. The quantitative estimate of drug-likeness (QED) is 0.833. The zero-order valence-corrected chi connectivity index (χ0v) is 14.6. The number of ether oxygens (including phenoxy) is 3. The van der Waals surface area contributed by atoms with E-state index in [4.69, 9.17) is 14.2 Å². The first-order valence-electron chi connectivity index (χ1n) is 9.28. The lowest BCUT2D eigenvalue weighted by atomic mass is 10.1. The molecule has 2 fully saturated rings. The summed E-state index contributed by atoms with van der Waals surface area (Å²) in [4.78, 5) is 17.3. The van der Waals surface area contributed by atoms with E-state index in [0.29, 0.717) is 30.4 Å². The summed E-state index contributed by atoms with van der Waals surface area (Å²) in [5.74, 6) is 2.14. The van der Waals surface area contributed by atoms with Crippen molar-refractivity contribution in [3.05, 3.63) is 23.8 Å². The van der Waals surface area contributed by atoms with E-state index >= 15 is 0 Å². The van der Waals surface area contributed by atoms with Crippen molar-refractivity contribution >= 4 is 5.91 Å². The van der Waals surface area contributed by atoms with Gasteiger partial charge in [-0.25, -0.2) is 0 Å². The van der Waals surface area contributed by atoms with Gasteiger partial charge in [0.05, 0.1) is 6.61 Å². The van der Waals surface area contributed by atoms with Gasteiger partial charge in [-0.05, 0) is 43.5 Å². The van der Waals surface area contributed by atoms with Gasteiger partial charge >= 0.3 is 0 Å². The van der Waals surface area contributed by atoms with Crippen molar-refractivity contribution in [3.63, 3.8) is 0 Å². The fraction of sp³-hybridized carbons (Fsp3) is 0.632. The van der Waals surface area contributed by atoms with Crippen LogP contribution in [0.15, 0.2) is 18.2 Å². The number of benzene rings is 1. The molecule has 0 radical (unpaired) electrons. The van der Waals surface area contributed by atoms with Gasteiger partial charge in [0, 0.05) is 38.3 Å². The number of amides is 1. The molecule has 2 saturated heterocycles. The van der Waals surface area contributed by atoms with Crippen LogP contribution in [0.5, 0.6) is 11.5 Å². The standard InChI is InChI=1S/C19H26N2O4/c22-19(16-2-3-17-18(12-16)25-11-10-24-17)21-6-1-5-20(7-8-21)13-15-4-9-23-14-15/h2-3,12,15H,1,4-11,13-14H2. The molecule has 1 unspecified atom stereocenters. The predicted molar refractivity (Wildman–Crippen MR) is 93.3 cm³/mol. The number of carbonyl (C=O) groups excluding carboxylic acids is 1. The van der Waals surface area contributed by atoms with E-state index in [1.807, 2.05) is 23.1 Å². The zero-order valence-electron chi connectivity index (χ0n) is 14.6. The van der Waals surface area contributed by atoms with Gasteiger partial charge in [0.25, 0.3) is 5.91 Å². The Morgan fingerprint density at radius 3 is 2.76 bits per heavy atom. The minimum Gasteiger partial charge on any atom is -0.486 e. The van der Waals surface area contributed by atoms with Gasteiger partial charge in [0.15, 0.2) is 11.5 Å². The van der Waals surface area contributed by atoms with Crippen molar-refractivity contribution in [1.82, 2.24) is 9.80 Å². The van der Waals surface area contributed by atoms with Gasteiger partial charge in [0.1, 0.15) is 13.2 Å². The normalized spacial score (nSPS) is 24.2. The number of nitrogens with zero attached hydrogens (tertiary/aromatic N) is 2. The highest BCUT2D eigenvalue weighted by atomic mass is 16.6. The summed E-state index contributed by atoms with van der Waals surface area (Å²) in [6.45, 7) is 7.55. The van der Waals surface area contributed by atoms with Crippen molar-refractivity contribution in [2.24, 2.45) is 5.92 Å². The third-order valence-corrected chi connectivity index (χ3v) is 5.21. The number of hydrogen-bond acceptors (Lipinski definition) is 5. The van der Waals surface area contributed by atoms with Crippen LogP contribution in [-0.2, 0) is 4.74 Å². The molecule has 4 rings (SSSR count). The largest absolute Gasteiger partial charge is 0.486 e. The second kappa shape index (κ2) is 7.62. The Bertz CT molecular complexity index is 615. The SMILES string of the molecule is O=C(c1ccc2c(c1)OCCO2)N1CCCN(CC2CCOC2)CC1. The molecular formula is C19H26N2O4. The third kappa shape index (κ3) is 3.90. The van der Waals surface area contributed by atoms with E-state index in [0.717, 1.165) is 64.5 Å². The van der Waals surface area contributed by atoms with Crippen LogP contribution in [-0.4, -0.2) is 74.9 Å². The molecule has 0 N–H and O–H groups in total. The molecule has 3 aliphatic rings. The van der Waals surface area contributed by atoms with E-state index in [1.165, 1.54) is 0 Å². The Kier molecular flexibility index (Phi) is 5.08. The topological polar surface area (TPSA) is 51.2 Å². The van der Waals surface area contributed by atoms with Gasteiger partial charge in [-0.1, -0.05) is 0 Å². The van der Waals surface area contributed by atoms with Crippen LogP contribution in [0.3, 0.4) is 0 Å². The second-order valence-corrected chi connectivity index (χ2v) is 7.03. The first kappa shape index (κ1) is 16.7. The Morgan fingerprint density at radius 2 is 1.92 bits per heavy atom. The van der Waals surface area contributed by atoms with E-state index < -0.39 is 0 Å². The summed E-state index contributed by atoms with van der Waals surface area (Å²) in [7, 11) is 0. The number of fused-ring (bicyclic) bond motifs is 1. The van der Waals surface area contributed by atoms with Crippen molar-refractivity contribution in [2.45, 2.75) is 12.8 Å². The lowest BCUT2D eigenvalue weighted by molar-refractivity contribution is 0.0759. The maximum absolute atomic E-state index is 12.9. The summed E-state index contributed by atoms with van der Waals surface area (Å²) >= 11 is 0. The molecule has 136 valence electrons. The van der Waals surface area contributed by atoms with Crippen molar-refractivity contribution in [1.29, 1.82) is 0 Å². The Morgan fingerprint density at radius 1 is 1.04 bits per heavy atom. The van der Waals surface area contributed by atoms with Gasteiger partial charge in [-0.2, -0.15) is 0 Å². The van der Waals surface area contributed by atoms with Crippen LogP contribution in [0.1, 0.15) is 23.2 Å². The Balaban J connectivity index is 1.37. The summed E-state index contributed by atoms with van der Waals surface area (Å²) in [6, 6.07) is 5.50. The summed E-state index contributed by atoms with van der Waals surface area (Å²) in [5, 5.41) is 0. The van der Waals surface area contributed by atoms with Gasteiger partial charge in [-0.15, -0.1) is 0 Å². The first-order chi connectivity index (χ1) is 12.3. The van der Waals surface area contributed by atoms with Crippen molar-refractivity contribution in [2.75, 3.05) is 59.2 Å². The highest BCUT2D eigenvalue weighted by Gasteiger charge is 2.24. The molecule has 0 aliphatic carbocycles. The molecule has 3 heterocycles. The van der Waals surface area contributed by atoms with Crippen LogP contribution >= 0.6 is 0 Å². The minimum atomic E-state index is 0.0861. The summed E-state index contributed by atoms with van der Waals surface area (Å²) < 4.78 is 16.6. The summed E-state index contributed by atoms with van der Waals surface area (Å²) in [6.07, 6.45) is 2.18. The minimum absolute atomic E-state index is 0.0861. The summed E-state index contributed by atoms with van der Waals surface area (Å²) in [5.41, 5.74) is 0.682. The highest BCUT2D eigenvalue weighted by molar-refractivity contribution is 5.95. The molecule has 0 aromatic heterocycles.